The zero-order valence-electron chi connectivity index (χ0n) is 16.6. The lowest BCUT2D eigenvalue weighted by molar-refractivity contribution is -0.125. The average Bonchev–Trinajstić information content (AvgIpc) is 2.73. The van der Waals surface area contributed by atoms with Crippen LogP contribution < -0.4 is 14.8 Å². The number of carbonyl (C=O) groups is 1. The van der Waals surface area contributed by atoms with Crippen LogP contribution in [0.15, 0.2) is 48.5 Å². The number of carbonyl (C=O) groups excluding carboxylic acids is 1. The summed E-state index contributed by atoms with van der Waals surface area (Å²) in [6, 6.07) is 16.1. The monoisotopic (exact) mass is 389 g/mol. The fourth-order valence-electron chi connectivity index (χ4n) is 6.74. The molecule has 0 unspecified atom stereocenters. The molecule has 1 amide bonds. The summed E-state index contributed by atoms with van der Waals surface area (Å²) in [5.41, 5.74) is 2.69. The van der Waals surface area contributed by atoms with Crippen LogP contribution in [-0.2, 0) is 10.2 Å². The van der Waals surface area contributed by atoms with E-state index in [1.165, 1.54) is 44.1 Å². The van der Waals surface area contributed by atoms with E-state index >= 15 is 0 Å². The van der Waals surface area contributed by atoms with E-state index in [1.807, 2.05) is 24.3 Å². The number of para-hydroxylation sites is 2. The maximum absolute atomic E-state index is 12.7. The number of amides is 1. The van der Waals surface area contributed by atoms with Gasteiger partial charge in [-0.1, -0.05) is 24.3 Å². The highest BCUT2D eigenvalue weighted by Crippen LogP contribution is 2.60. The zero-order valence-corrected chi connectivity index (χ0v) is 16.6. The molecule has 1 aliphatic heterocycles. The molecule has 4 aliphatic carbocycles. The number of rotatable bonds is 3. The maximum atomic E-state index is 12.7. The molecule has 4 nitrogen and oxygen atoms in total. The predicted octanol–water partition coefficient (Wildman–Crippen LogP) is 4.93. The maximum Gasteiger partial charge on any atom is 0.269 e. The molecule has 0 saturated heterocycles. The van der Waals surface area contributed by atoms with Crippen LogP contribution in [-0.4, -0.2) is 18.6 Å². The highest BCUT2D eigenvalue weighted by Gasteiger charge is 2.51. The normalized spacial score (nSPS) is 34.1. The smallest absolute Gasteiger partial charge is 0.269 e. The number of anilines is 1. The molecular formula is C25H27NO3. The van der Waals surface area contributed by atoms with Gasteiger partial charge in [-0.15, -0.1) is 0 Å². The van der Waals surface area contributed by atoms with E-state index in [-0.39, 0.29) is 12.5 Å². The second-order valence-corrected chi connectivity index (χ2v) is 9.63. The Morgan fingerprint density at radius 1 is 0.862 bits per heavy atom. The lowest BCUT2D eigenvalue weighted by Gasteiger charge is -2.57. The van der Waals surface area contributed by atoms with Gasteiger partial charge in [-0.25, -0.2) is 0 Å². The summed E-state index contributed by atoms with van der Waals surface area (Å²) in [4.78, 5) is 12.7. The number of fused-ring (bicyclic) bond motifs is 1. The van der Waals surface area contributed by atoms with Gasteiger partial charge in [-0.05, 0) is 91.5 Å². The Morgan fingerprint density at radius 3 is 2.14 bits per heavy atom. The molecule has 1 N–H and O–H groups in total. The Bertz CT molecular complexity index is 900. The van der Waals surface area contributed by atoms with Crippen LogP contribution in [0.4, 0.5) is 5.69 Å². The number of hydrogen-bond donors (Lipinski definition) is 1. The molecule has 150 valence electrons. The average molecular weight is 389 g/mol. The van der Waals surface area contributed by atoms with E-state index in [2.05, 4.69) is 29.6 Å². The summed E-state index contributed by atoms with van der Waals surface area (Å²) in [6.07, 6.45) is 7.82. The summed E-state index contributed by atoms with van der Waals surface area (Å²) in [6.45, 7) is 0.230. The van der Waals surface area contributed by atoms with Gasteiger partial charge in [0.1, 0.15) is 6.61 Å². The Balaban J connectivity index is 1.15. The minimum Gasteiger partial charge on any atom is -0.485 e. The van der Waals surface area contributed by atoms with Gasteiger partial charge >= 0.3 is 0 Å². The second kappa shape index (κ2) is 6.51. The molecule has 4 fully saturated rings. The summed E-state index contributed by atoms with van der Waals surface area (Å²) in [5.74, 6) is 3.96. The summed E-state index contributed by atoms with van der Waals surface area (Å²) in [5, 5.41) is 3.00. The molecule has 29 heavy (non-hydrogen) atoms. The predicted molar refractivity (Wildman–Crippen MR) is 111 cm³/mol. The van der Waals surface area contributed by atoms with Crippen molar-refractivity contribution in [3.05, 3.63) is 54.1 Å². The van der Waals surface area contributed by atoms with Gasteiger partial charge < -0.3 is 14.8 Å². The van der Waals surface area contributed by atoms with Gasteiger partial charge in [-0.3, -0.25) is 4.79 Å². The Kier molecular flexibility index (Phi) is 3.90. The van der Waals surface area contributed by atoms with Crippen molar-refractivity contribution < 1.29 is 14.3 Å². The molecule has 4 bridgehead atoms. The lowest BCUT2D eigenvalue weighted by atomic mass is 9.48. The van der Waals surface area contributed by atoms with E-state index < -0.39 is 6.10 Å². The highest BCUT2D eigenvalue weighted by molar-refractivity contribution is 5.94. The number of hydrogen-bond acceptors (Lipinski definition) is 3. The zero-order chi connectivity index (χ0) is 19.4. The van der Waals surface area contributed by atoms with Gasteiger partial charge in [0.05, 0.1) is 0 Å². The number of benzene rings is 2. The van der Waals surface area contributed by atoms with Crippen LogP contribution >= 0.6 is 0 Å². The summed E-state index contributed by atoms with van der Waals surface area (Å²) < 4.78 is 11.5. The van der Waals surface area contributed by atoms with Gasteiger partial charge in [0.15, 0.2) is 11.5 Å². The largest absolute Gasteiger partial charge is 0.485 e. The van der Waals surface area contributed by atoms with Crippen LogP contribution in [0.5, 0.6) is 11.5 Å². The number of ether oxygens (including phenoxy) is 2. The fourth-order valence-corrected chi connectivity index (χ4v) is 6.74. The molecule has 4 heteroatoms. The standard InChI is InChI=1S/C25H27NO3/c27-24(23-15-28-21-3-1-2-4-22(21)29-23)26-20-7-5-19(6-8-20)25-12-16-9-17(13-25)11-18(10-16)14-25/h1-8,16-18,23H,9-15H2,(H,26,27)/t16?,17?,18?,23-,25?/m0/s1. The highest BCUT2D eigenvalue weighted by atomic mass is 16.6. The third-order valence-corrected chi connectivity index (χ3v) is 7.60. The van der Waals surface area contributed by atoms with E-state index in [0.717, 1.165) is 23.4 Å². The van der Waals surface area contributed by atoms with Crippen molar-refractivity contribution in [1.82, 2.24) is 0 Å². The van der Waals surface area contributed by atoms with Crippen molar-refractivity contribution in [2.24, 2.45) is 17.8 Å². The first-order valence-corrected chi connectivity index (χ1v) is 11.0. The molecule has 0 radical (unpaired) electrons. The van der Waals surface area contributed by atoms with Crippen LogP contribution in [0.2, 0.25) is 0 Å². The Morgan fingerprint density at radius 2 is 1.48 bits per heavy atom. The number of nitrogens with one attached hydrogen (secondary N) is 1. The van der Waals surface area contributed by atoms with Crippen LogP contribution in [0.1, 0.15) is 44.1 Å². The van der Waals surface area contributed by atoms with Crippen molar-refractivity contribution in [3.63, 3.8) is 0 Å². The first-order chi connectivity index (χ1) is 14.2. The molecule has 1 heterocycles. The summed E-state index contributed by atoms with van der Waals surface area (Å²) >= 11 is 0. The molecule has 4 saturated carbocycles. The molecule has 0 spiro atoms. The van der Waals surface area contributed by atoms with E-state index in [1.54, 1.807) is 0 Å². The van der Waals surface area contributed by atoms with Crippen LogP contribution in [0.25, 0.3) is 0 Å². The van der Waals surface area contributed by atoms with E-state index in [0.29, 0.717) is 16.9 Å². The van der Waals surface area contributed by atoms with Crippen molar-refractivity contribution in [2.75, 3.05) is 11.9 Å². The quantitative estimate of drug-likeness (QED) is 0.809. The van der Waals surface area contributed by atoms with Crippen molar-refractivity contribution in [3.8, 4) is 11.5 Å². The minimum absolute atomic E-state index is 0.165. The molecule has 7 rings (SSSR count). The molecule has 2 aromatic carbocycles. The van der Waals surface area contributed by atoms with Crippen LogP contribution in [0.3, 0.4) is 0 Å². The molecule has 1 atom stereocenters. The Hall–Kier alpha value is -2.49. The molecule has 0 aromatic heterocycles. The fraction of sp³-hybridized carbons (Fsp3) is 0.480. The molecule has 2 aromatic rings. The first-order valence-electron chi connectivity index (χ1n) is 11.0. The van der Waals surface area contributed by atoms with Gasteiger partial charge in [0.2, 0.25) is 6.10 Å². The van der Waals surface area contributed by atoms with Crippen molar-refractivity contribution >= 4 is 11.6 Å². The SMILES string of the molecule is O=C(Nc1ccc(C23CC4CC(CC(C4)C2)C3)cc1)[C@@H]1COc2ccccc2O1. The molecule has 5 aliphatic rings. The third-order valence-electron chi connectivity index (χ3n) is 7.60. The van der Waals surface area contributed by atoms with E-state index in [9.17, 15) is 4.79 Å². The summed E-state index contributed by atoms with van der Waals surface area (Å²) in [7, 11) is 0. The second-order valence-electron chi connectivity index (χ2n) is 9.63. The topological polar surface area (TPSA) is 47.6 Å². The van der Waals surface area contributed by atoms with Gasteiger partial charge in [0.25, 0.3) is 5.91 Å². The molecular weight excluding hydrogens is 362 g/mol. The van der Waals surface area contributed by atoms with Gasteiger partial charge in [0, 0.05) is 5.69 Å². The van der Waals surface area contributed by atoms with Crippen molar-refractivity contribution in [2.45, 2.75) is 50.0 Å². The van der Waals surface area contributed by atoms with Crippen LogP contribution in [0, 0.1) is 17.8 Å². The van der Waals surface area contributed by atoms with Crippen molar-refractivity contribution in [1.29, 1.82) is 0 Å². The third kappa shape index (κ3) is 3.00. The Labute approximate surface area is 171 Å². The lowest BCUT2D eigenvalue weighted by Crippen LogP contribution is -2.48. The van der Waals surface area contributed by atoms with E-state index in [4.69, 9.17) is 9.47 Å². The first kappa shape index (κ1) is 17.4. The minimum atomic E-state index is -0.632. The van der Waals surface area contributed by atoms with Gasteiger partial charge in [-0.2, -0.15) is 0 Å².